The lowest BCUT2D eigenvalue weighted by Crippen LogP contribution is -2.23. The van der Waals surface area contributed by atoms with Crippen molar-refractivity contribution in [2.75, 3.05) is 20.2 Å². The van der Waals surface area contributed by atoms with Gasteiger partial charge in [-0.05, 0) is 62.2 Å². The predicted molar refractivity (Wildman–Crippen MR) is 99.4 cm³/mol. The molecule has 2 N–H and O–H groups in total. The molecule has 7 heteroatoms. The predicted octanol–water partition coefficient (Wildman–Crippen LogP) is 2.31. The Balaban J connectivity index is 0.00000225. The van der Waals surface area contributed by atoms with Crippen molar-refractivity contribution in [3.8, 4) is 11.4 Å². The van der Waals surface area contributed by atoms with Crippen molar-refractivity contribution in [3.63, 3.8) is 0 Å². The van der Waals surface area contributed by atoms with Crippen LogP contribution in [-0.4, -0.2) is 35.9 Å². The van der Waals surface area contributed by atoms with Crippen molar-refractivity contribution in [1.82, 2.24) is 20.4 Å². The van der Waals surface area contributed by atoms with E-state index in [1.165, 1.54) is 6.42 Å². The molecule has 0 saturated carbocycles. The van der Waals surface area contributed by atoms with E-state index in [4.69, 9.17) is 4.74 Å². The lowest BCUT2D eigenvalue weighted by Gasteiger charge is -2.08. The molecule has 1 aromatic heterocycles. The number of methoxy groups -OCH3 is 1. The minimum atomic E-state index is 0. The average molecular weight is 365 g/mol. The van der Waals surface area contributed by atoms with E-state index in [-0.39, 0.29) is 18.3 Å². The van der Waals surface area contributed by atoms with Crippen molar-refractivity contribution < 1.29 is 9.53 Å². The maximum atomic E-state index is 11.9. The second-order valence-electron chi connectivity index (χ2n) is 6.12. The topological polar surface area (TPSA) is 68.2 Å². The third-order valence-corrected chi connectivity index (χ3v) is 4.39. The summed E-state index contributed by atoms with van der Waals surface area (Å²) in [5.74, 6) is 1.56. The van der Waals surface area contributed by atoms with E-state index in [1.807, 2.05) is 36.5 Å². The molecule has 6 nitrogen and oxygen atoms in total. The van der Waals surface area contributed by atoms with Crippen LogP contribution < -0.4 is 15.4 Å². The summed E-state index contributed by atoms with van der Waals surface area (Å²) in [5, 5.41) is 10.8. The van der Waals surface area contributed by atoms with Crippen molar-refractivity contribution in [2.24, 2.45) is 5.92 Å². The smallest absolute Gasteiger partial charge is 0.220 e. The Hall–Kier alpha value is -2.05. The fourth-order valence-electron chi connectivity index (χ4n) is 2.91. The minimum absolute atomic E-state index is 0. The van der Waals surface area contributed by atoms with E-state index in [1.54, 1.807) is 11.8 Å². The van der Waals surface area contributed by atoms with Crippen LogP contribution in [0.25, 0.3) is 5.69 Å². The van der Waals surface area contributed by atoms with Crippen molar-refractivity contribution in [2.45, 2.75) is 25.8 Å². The Labute approximate surface area is 154 Å². The Morgan fingerprint density at radius 1 is 1.36 bits per heavy atom. The van der Waals surface area contributed by atoms with E-state index >= 15 is 0 Å². The third kappa shape index (κ3) is 5.47. The standard InChI is InChI=1S/C18H24N4O2.ClH/c1-24-17-5-3-16(4-6-17)22-11-9-15(21-22)13-20-18(23)7-2-14-8-10-19-12-14;/h3-6,9,11,14,19H,2,7-8,10,12-13H2,1H3,(H,20,23);1H. The number of carbonyl (C=O) groups is 1. The van der Waals surface area contributed by atoms with Crippen LogP contribution in [0.15, 0.2) is 36.5 Å². The first-order valence-corrected chi connectivity index (χ1v) is 8.41. The lowest BCUT2D eigenvalue weighted by molar-refractivity contribution is -0.121. The van der Waals surface area contributed by atoms with Crippen LogP contribution in [0, 0.1) is 5.92 Å². The fraction of sp³-hybridized carbons (Fsp3) is 0.444. The van der Waals surface area contributed by atoms with Gasteiger partial charge in [0.2, 0.25) is 5.91 Å². The molecular formula is C18H25ClN4O2. The molecule has 1 atom stereocenters. The molecule has 1 aliphatic rings. The Morgan fingerprint density at radius 3 is 2.84 bits per heavy atom. The van der Waals surface area contributed by atoms with Crippen LogP contribution in [0.1, 0.15) is 25.0 Å². The van der Waals surface area contributed by atoms with Crippen LogP contribution >= 0.6 is 12.4 Å². The number of nitrogens with one attached hydrogen (secondary N) is 2. The van der Waals surface area contributed by atoms with Gasteiger partial charge in [0.1, 0.15) is 5.75 Å². The van der Waals surface area contributed by atoms with E-state index < -0.39 is 0 Å². The third-order valence-electron chi connectivity index (χ3n) is 4.39. The number of ether oxygens (including phenoxy) is 1. The van der Waals surface area contributed by atoms with E-state index in [0.717, 1.165) is 36.6 Å². The molecule has 2 heterocycles. The molecule has 1 aromatic carbocycles. The van der Waals surface area contributed by atoms with Gasteiger partial charge in [-0.1, -0.05) is 0 Å². The molecule has 1 fully saturated rings. The highest BCUT2D eigenvalue weighted by Gasteiger charge is 2.15. The van der Waals surface area contributed by atoms with E-state index in [2.05, 4.69) is 15.7 Å². The highest BCUT2D eigenvalue weighted by atomic mass is 35.5. The lowest BCUT2D eigenvalue weighted by atomic mass is 10.0. The van der Waals surface area contributed by atoms with Gasteiger partial charge in [-0.2, -0.15) is 5.10 Å². The molecule has 1 saturated heterocycles. The number of amides is 1. The molecular weight excluding hydrogens is 340 g/mol. The summed E-state index contributed by atoms with van der Waals surface area (Å²) in [6.07, 6.45) is 4.62. The highest BCUT2D eigenvalue weighted by molar-refractivity contribution is 5.85. The van der Waals surface area contributed by atoms with Gasteiger partial charge >= 0.3 is 0 Å². The van der Waals surface area contributed by atoms with Crippen molar-refractivity contribution in [3.05, 3.63) is 42.2 Å². The van der Waals surface area contributed by atoms with Gasteiger partial charge < -0.3 is 15.4 Å². The number of hydrogen-bond acceptors (Lipinski definition) is 4. The van der Waals surface area contributed by atoms with Crippen LogP contribution in [-0.2, 0) is 11.3 Å². The summed E-state index contributed by atoms with van der Waals surface area (Å²) in [6, 6.07) is 9.62. The van der Waals surface area contributed by atoms with Gasteiger partial charge in [-0.25, -0.2) is 4.68 Å². The van der Waals surface area contributed by atoms with Crippen LogP contribution in [0.2, 0.25) is 0 Å². The number of rotatable bonds is 7. The fourth-order valence-corrected chi connectivity index (χ4v) is 2.91. The number of aromatic nitrogens is 2. The zero-order valence-corrected chi connectivity index (χ0v) is 15.2. The molecule has 0 radical (unpaired) electrons. The van der Waals surface area contributed by atoms with E-state index in [9.17, 15) is 4.79 Å². The van der Waals surface area contributed by atoms with Gasteiger partial charge in [0.05, 0.1) is 25.0 Å². The molecule has 2 aromatic rings. The molecule has 3 rings (SSSR count). The van der Waals surface area contributed by atoms with Gasteiger partial charge in [0.15, 0.2) is 0 Å². The van der Waals surface area contributed by atoms with Gasteiger partial charge in [0.25, 0.3) is 0 Å². The summed E-state index contributed by atoms with van der Waals surface area (Å²) >= 11 is 0. The summed E-state index contributed by atoms with van der Waals surface area (Å²) in [6.45, 7) is 2.58. The monoisotopic (exact) mass is 364 g/mol. The second-order valence-corrected chi connectivity index (χ2v) is 6.12. The Morgan fingerprint density at radius 2 is 2.16 bits per heavy atom. The maximum Gasteiger partial charge on any atom is 0.220 e. The molecule has 0 spiro atoms. The zero-order valence-electron chi connectivity index (χ0n) is 14.4. The minimum Gasteiger partial charge on any atom is -0.497 e. The maximum absolute atomic E-state index is 11.9. The highest BCUT2D eigenvalue weighted by Crippen LogP contribution is 2.15. The Kier molecular flexibility index (Phi) is 7.28. The quantitative estimate of drug-likeness (QED) is 0.791. The summed E-state index contributed by atoms with van der Waals surface area (Å²) in [5.41, 5.74) is 1.81. The van der Waals surface area contributed by atoms with Crippen molar-refractivity contribution in [1.29, 1.82) is 0 Å². The molecule has 136 valence electrons. The van der Waals surface area contributed by atoms with Crippen LogP contribution in [0.3, 0.4) is 0 Å². The molecule has 0 aliphatic carbocycles. The second kappa shape index (κ2) is 9.44. The molecule has 25 heavy (non-hydrogen) atoms. The number of carbonyl (C=O) groups excluding carboxylic acids is 1. The first-order chi connectivity index (χ1) is 11.7. The summed E-state index contributed by atoms with van der Waals surface area (Å²) in [4.78, 5) is 11.9. The molecule has 1 amide bonds. The number of benzene rings is 1. The van der Waals surface area contributed by atoms with Gasteiger partial charge in [0, 0.05) is 12.6 Å². The normalized spacial score (nSPS) is 16.3. The number of nitrogens with zero attached hydrogens (tertiary/aromatic N) is 2. The van der Waals surface area contributed by atoms with Gasteiger partial charge in [-0.15, -0.1) is 12.4 Å². The molecule has 1 aliphatic heterocycles. The van der Waals surface area contributed by atoms with Crippen LogP contribution in [0.4, 0.5) is 0 Å². The SMILES string of the molecule is COc1ccc(-n2ccc(CNC(=O)CCC3CCNC3)n2)cc1.Cl. The average Bonchev–Trinajstić information content (AvgIpc) is 3.30. The largest absolute Gasteiger partial charge is 0.497 e. The van der Waals surface area contributed by atoms with E-state index in [0.29, 0.717) is 18.9 Å². The molecule has 0 bridgehead atoms. The zero-order chi connectivity index (χ0) is 16.8. The number of hydrogen-bond donors (Lipinski definition) is 2. The van der Waals surface area contributed by atoms with Gasteiger partial charge in [-0.3, -0.25) is 4.79 Å². The number of halogens is 1. The summed E-state index contributed by atoms with van der Waals surface area (Å²) < 4.78 is 6.95. The first kappa shape index (κ1) is 19.3. The Bertz CT molecular complexity index is 666. The van der Waals surface area contributed by atoms with Crippen molar-refractivity contribution >= 4 is 18.3 Å². The summed E-state index contributed by atoms with van der Waals surface area (Å²) in [7, 11) is 1.65. The van der Waals surface area contributed by atoms with Crippen LogP contribution in [0.5, 0.6) is 5.75 Å². The molecule has 1 unspecified atom stereocenters. The first-order valence-electron chi connectivity index (χ1n) is 8.41.